The normalized spacial score (nSPS) is 9.94. The molecule has 0 bridgehead atoms. The van der Waals surface area contributed by atoms with Crippen LogP contribution in [0.5, 0.6) is 0 Å². The molecule has 7 heteroatoms. The number of carbonyl (C=O) groups is 2. The fourth-order valence-electron chi connectivity index (χ4n) is 1.17. The quantitative estimate of drug-likeness (QED) is 0.727. The number of amides is 2. The van der Waals surface area contributed by atoms with E-state index in [1.54, 1.807) is 7.05 Å². The van der Waals surface area contributed by atoms with Crippen molar-refractivity contribution in [1.82, 2.24) is 4.90 Å². The minimum absolute atomic E-state index is 0.0720. The fraction of sp³-hybridized carbons (Fsp3) is 0.273. The van der Waals surface area contributed by atoms with Crippen LogP contribution in [0.4, 0.5) is 10.5 Å². The molecule has 1 rings (SSSR count). The zero-order chi connectivity index (χ0) is 13.7. The highest BCUT2D eigenvalue weighted by Crippen LogP contribution is 2.24. The number of rotatable bonds is 4. The minimum atomic E-state index is -0.926. The lowest BCUT2D eigenvalue weighted by molar-refractivity contribution is -0.137. The van der Waals surface area contributed by atoms with Crippen LogP contribution < -0.4 is 5.32 Å². The number of benzene rings is 1. The highest BCUT2D eigenvalue weighted by Gasteiger charge is 2.11. The predicted molar refractivity (Wildman–Crippen MR) is 80.8 cm³/mol. The van der Waals surface area contributed by atoms with Gasteiger partial charge in [-0.25, -0.2) is 4.79 Å². The molecule has 0 aliphatic carbocycles. The van der Waals surface area contributed by atoms with E-state index in [0.717, 1.165) is 8.04 Å². The van der Waals surface area contributed by atoms with Gasteiger partial charge in [0.15, 0.2) is 0 Å². The van der Waals surface area contributed by atoms with E-state index in [9.17, 15) is 9.59 Å². The van der Waals surface area contributed by atoms with Gasteiger partial charge in [-0.05, 0) is 56.7 Å². The molecule has 0 aliphatic rings. The third kappa shape index (κ3) is 4.81. The number of hydrogen-bond donors (Lipinski definition) is 2. The van der Waals surface area contributed by atoms with E-state index >= 15 is 0 Å². The number of aliphatic carboxylic acids is 1. The summed E-state index contributed by atoms with van der Waals surface area (Å²) < 4.78 is 1.78. The lowest BCUT2D eigenvalue weighted by Gasteiger charge is -2.17. The van der Waals surface area contributed by atoms with Crippen LogP contribution in [0, 0.1) is 3.57 Å². The summed E-state index contributed by atoms with van der Waals surface area (Å²) in [6, 6.07) is 5.25. The largest absolute Gasteiger partial charge is 0.481 e. The van der Waals surface area contributed by atoms with Crippen molar-refractivity contribution in [3.8, 4) is 0 Å². The van der Waals surface area contributed by atoms with E-state index in [4.69, 9.17) is 5.11 Å². The van der Waals surface area contributed by atoms with Gasteiger partial charge in [0.25, 0.3) is 0 Å². The van der Waals surface area contributed by atoms with E-state index < -0.39 is 5.97 Å². The molecule has 18 heavy (non-hydrogen) atoms. The van der Waals surface area contributed by atoms with Crippen molar-refractivity contribution in [1.29, 1.82) is 0 Å². The van der Waals surface area contributed by atoms with Gasteiger partial charge >= 0.3 is 12.0 Å². The first kappa shape index (κ1) is 15.2. The van der Waals surface area contributed by atoms with Gasteiger partial charge in [0.05, 0.1) is 12.1 Å². The van der Waals surface area contributed by atoms with Gasteiger partial charge in [0.2, 0.25) is 0 Å². The Labute approximate surface area is 127 Å². The summed E-state index contributed by atoms with van der Waals surface area (Å²) in [5, 5.41) is 11.3. The maximum atomic E-state index is 11.8. The Balaban J connectivity index is 2.63. The summed E-state index contributed by atoms with van der Waals surface area (Å²) in [5.74, 6) is -0.926. The lowest BCUT2D eigenvalue weighted by atomic mass is 10.3. The van der Waals surface area contributed by atoms with Crippen LogP contribution in [0.1, 0.15) is 6.42 Å². The van der Waals surface area contributed by atoms with Gasteiger partial charge < -0.3 is 15.3 Å². The van der Waals surface area contributed by atoms with Gasteiger partial charge in [-0.2, -0.15) is 0 Å². The van der Waals surface area contributed by atoms with Crippen LogP contribution in [0.25, 0.3) is 0 Å². The number of nitrogens with one attached hydrogen (secondary N) is 1. The molecule has 0 fully saturated rings. The molecular weight excluding hydrogens is 415 g/mol. The molecule has 2 amide bonds. The van der Waals surface area contributed by atoms with E-state index in [2.05, 4.69) is 43.8 Å². The summed E-state index contributed by atoms with van der Waals surface area (Å²) in [4.78, 5) is 23.5. The molecule has 1 aromatic rings. The Hall–Kier alpha value is -0.830. The molecular formula is C11H12BrIN2O3. The van der Waals surface area contributed by atoms with E-state index in [1.165, 1.54) is 4.90 Å². The first-order valence-corrected chi connectivity index (χ1v) is 6.96. The topological polar surface area (TPSA) is 69.6 Å². The van der Waals surface area contributed by atoms with E-state index in [-0.39, 0.29) is 19.0 Å². The van der Waals surface area contributed by atoms with Crippen molar-refractivity contribution in [2.45, 2.75) is 6.42 Å². The third-order valence-corrected chi connectivity index (χ3v) is 3.54. The number of carbonyl (C=O) groups excluding carboxylic acids is 1. The highest BCUT2D eigenvalue weighted by molar-refractivity contribution is 14.1. The maximum absolute atomic E-state index is 11.8. The van der Waals surface area contributed by atoms with Crippen molar-refractivity contribution >= 4 is 56.2 Å². The monoisotopic (exact) mass is 426 g/mol. The molecule has 0 spiro atoms. The molecule has 0 atom stereocenters. The zero-order valence-electron chi connectivity index (χ0n) is 9.61. The van der Waals surface area contributed by atoms with Crippen LogP contribution in [-0.4, -0.2) is 35.6 Å². The molecule has 0 saturated heterocycles. The molecule has 0 unspecified atom stereocenters. The molecule has 0 aromatic heterocycles. The summed E-state index contributed by atoms with van der Waals surface area (Å²) in [5.41, 5.74) is 0.661. The van der Waals surface area contributed by atoms with Crippen LogP contribution in [0.3, 0.4) is 0 Å². The predicted octanol–water partition coefficient (Wildman–Crippen LogP) is 2.99. The number of urea groups is 1. The second-order valence-corrected chi connectivity index (χ2v) is 5.72. The summed E-state index contributed by atoms with van der Waals surface area (Å²) in [6.07, 6.45) is -0.0720. The minimum Gasteiger partial charge on any atom is -0.481 e. The maximum Gasteiger partial charge on any atom is 0.321 e. The number of halogens is 2. The molecule has 0 aliphatic heterocycles. The van der Waals surface area contributed by atoms with Crippen molar-refractivity contribution in [3.63, 3.8) is 0 Å². The van der Waals surface area contributed by atoms with Crippen LogP contribution in [-0.2, 0) is 4.79 Å². The molecule has 0 saturated carbocycles. The van der Waals surface area contributed by atoms with Gasteiger partial charge in [0.1, 0.15) is 0 Å². The number of anilines is 1. The van der Waals surface area contributed by atoms with Crippen molar-refractivity contribution in [3.05, 3.63) is 26.2 Å². The smallest absolute Gasteiger partial charge is 0.321 e. The van der Waals surface area contributed by atoms with Crippen LogP contribution >= 0.6 is 38.5 Å². The van der Waals surface area contributed by atoms with Gasteiger partial charge in [-0.1, -0.05) is 0 Å². The second-order valence-electron chi connectivity index (χ2n) is 3.62. The van der Waals surface area contributed by atoms with Crippen molar-refractivity contribution < 1.29 is 14.7 Å². The SMILES string of the molecule is CN(CCC(=O)O)C(=O)Nc1cc(I)ccc1Br. The average Bonchev–Trinajstić information content (AvgIpc) is 2.30. The van der Waals surface area contributed by atoms with E-state index in [1.807, 2.05) is 18.2 Å². The molecule has 1 aromatic carbocycles. The van der Waals surface area contributed by atoms with Gasteiger partial charge in [-0.15, -0.1) is 0 Å². The Bertz CT molecular complexity index is 468. The third-order valence-electron chi connectivity index (χ3n) is 2.18. The average molecular weight is 427 g/mol. The van der Waals surface area contributed by atoms with Gasteiger partial charge in [-0.3, -0.25) is 4.79 Å². The molecule has 5 nitrogen and oxygen atoms in total. The van der Waals surface area contributed by atoms with Crippen molar-refractivity contribution in [2.75, 3.05) is 18.9 Å². The number of carboxylic acids is 1. The van der Waals surface area contributed by atoms with Crippen LogP contribution in [0.15, 0.2) is 22.7 Å². The summed E-state index contributed by atoms with van der Waals surface area (Å²) in [6.45, 7) is 0.169. The zero-order valence-corrected chi connectivity index (χ0v) is 13.4. The Kier molecular flexibility index (Phi) is 5.86. The summed E-state index contributed by atoms with van der Waals surface area (Å²) >= 11 is 5.49. The Morgan fingerprint density at radius 1 is 1.50 bits per heavy atom. The first-order chi connectivity index (χ1) is 8.40. The Morgan fingerprint density at radius 2 is 2.17 bits per heavy atom. The summed E-state index contributed by atoms with van der Waals surface area (Å²) in [7, 11) is 1.56. The fourth-order valence-corrected chi connectivity index (χ4v) is 2.01. The lowest BCUT2D eigenvalue weighted by Crippen LogP contribution is -2.33. The number of hydrogen-bond acceptors (Lipinski definition) is 2. The van der Waals surface area contributed by atoms with Crippen molar-refractivity contribution in [2.24, 2.45) is 0 Å². The van der Waals surface area contributed by atoms with Crippen LogP contribution in [0.2, 0.25) is 0 Å². The first-order valence-electron chi connectivity index (χ1n) is 5.09. The Morgan fingerprint density at radius 3 is 2.78 bits per heavy atom. The highest BCUT2D eigenvalue weighted by atomic mass is 127. The van der Waals surface area contributed by atoms with Gasteiger partial charge in [0, 0.05) is 21.6 Å². The number of carboxylic acid groups (broad SMARTS) is 1. The molecule has 0 radical (unpaired) electrons. The molecule has 98 valence electrons. The van der Waals surface area contributed by atoms with E-state index in [0.29, 0.717) is 5.69 Å². The number of nitrogens with zero attached hydrogens (tertiary/aromatic N) is 1. The second kappa shape index (κ2) is 6.93. The molecule has 0 heterocycles. The molecule has 2 N–H and O–H groups in total. The standard InChI is InChI=1S/C11H12BrIN2O3/c1-15(5-4-10(16)17)11(18)14-9-6-7(13)2-3-8(9)12/h2-3,6H,4-5H2,1H3,(H,14,18)(H,16,17).